The first-order valence-corrected chi connectivity index (χ1v) is 11.1. The van der Waals surface area contributed by atoms with Gasteiger partial charge in [0.25, 0.3) is 0 Å². The van der Waals surface area contributed by atoms with Crippen molar-refractivity contribution in [1.29, 1.82) is 0 Å². The van der Waals surface area contributed by atoms with Crippen molar-refractivity contribution in [1.82, 2.24) is 5.32 Å². The Morgan fingerprint density at radius 1 is 0.853 bits per heavy atom. The van der Waals surface area contributed by atoms with Crippen LogP contribution < -0.4 is 11.1 Å². The lowest BCUT2D eigenvalue weighted by Crippen LogP contribution is -2.33. The molecular formula is C25H31ClN2O6. The number of alkyl carbamates (subject to hydrolysis) is 1. The maximum absolute atomic E-state index is 12.3. The second kappa shape index (κ2) is 14.2. The Labute approximate surface area is 205 Å². The smallest absolute Gasteiger partial charge is 0.407 e. The fourth-order valence-electron chi connectivity index (χ4n) is 3.72. The van der Waals surface area contributed by atoms with Crippen molar-refractivity contribution in [2.24, 2.45) is 17.6 Å². The summed E-state index contributed by atoms with van der Waals surface area (Å²) in [5, 5.41) is 2.79. The number of amides is 1. The van der Waals surface area contributed by atoms with Crippen LogP contribution in [-0.2, 0) is 32.2 Å². The Morgan fingerprint density at radius 3 is 2.18 bits per heavy atom. The van der Waals surface area contributed by atoms with Gasteiger partial charge in [-0.2, -0.15) is 0 Å². The van der Waals surface area contributed by atoms with Crippen molar-refractivity contribution in [3.63, 3.8) is 0 Å². The second-order valence-electron chi connectivity index (χ2n) is 8.07. The molecule has 0 bridgehead atoms. The molecule has 3 N–H and O–H groups in total. The minimum Gasteiger partial charge on any atom is -0.445 e. The fourth-order valence-corrected chi connectivity index (χ4v) is 3.72. The predicted molar refractivity (Wildman–Crippen MR) is 128 cm³/mol. The normalized spacial score (nSPS) is 17.1. The van der Waals surface area contributed by atoms with Crippen molar-refractivity contribution in [2.45, 2.75) is 38.8 Å². The van der Waals surface area contributed by atoms with E-state index in [0.717, 1.165) is 24.0 Å². The topological polar surface area (TPSA) is 117 Å². The third-order valence-electron chi connectivity index (χ3n) is 5.74. The highest BCUT2D eigenvalue weighted by Gasteiger charge is 2.28. The fraction of sp³-hybridized carbons (Fsp3) is 0.400. The lowest BCUT2D eigenvalue weighted by atomic mass is 9.82. The monoisotopic (exact) mass is 490 g/mol. The van der Waals surface area contributed by atoms with E-state index in [1.165, 1.54) is 0 Å². The van der Waals surface area contributed by atoms with Crippen LogP contribution in [0.2, 0.25) is 0 Å². The van der Waals surface area contributed by atoms with Crippen LogP contribution in [0, 0.1) is 11.8 Å². The van der Waals surface area contributed by atoms with Crippen LogP contribution in [0.4, 0.5) is 4.79 Å². The van der Waals surface area contributed by atoms with Gasteiger partial charge >= 0.3 is 18.0 Å². The minimum atomic E-state index is -0.555. The highest BCUT2D eigenvalue weighted by molar-refractivity contribution is 5.89. The number of carbonyl (C=O) groups excluding carboxylic acids is 3. The number of esters is 2. The van der Waals surface area contributed by atoms with Gasteiger partial charge in [0.15, 0.2) is 0 Å². The summed E-state index contributed by atoms with van der Waals surface area (Å²) in [6.45, 7) is 0.722. The summed E-state index contributed by atoms with van der Waals surface area (Å²) in [7, 11) is 0. The number of hydrogen-bond acceptors (Lipinski definition) is 7. The molecule has 2 aromatic carbocycles. The van der Waals surface area contributed by atoms with Crippen LogP contribution in [0.5, 0.6) is 0 Å². The molecule has 0 saturated heterocycles. The molecule has 1 saturated carbocycles. The molecule has 0 heterocycles. The average Bonchev–Trinajstić information content (AvgIpc) is 2.87. The van der Waals surface area contributed by atoms with Gasteiger partial charge in [0, 0.05) is 13.1 Å². The van der Waals surface area contributed by atoms with Crippen molar-refractivity contribution in [2.75, 3.05) is 13.3 Å². The van der Waals surface area contributed by atoms with Crippen molar-refractivity contribution < 1.29 is 28.6 Å². The first-order chi connectivity index (χ1) is 16.0. The predicted octanol–water partition coefficient (Wildman–Crippen LogP) is 3.96. The Morgan fingerprint density at radius 2 is 1.53 bits per heavy atom. The number of nitrogens with one attached hydrogen (secondary N) is 1. The van der Waals surface area contributed by atoms with E-state index < -0.39 is 18.9 Å². The zero-order valence-electron chi connectivity index (χ0n) is 18.9. The van der Waals surface area contributed by atoms with Gasteiger partial charge in [-0.05, 0) is 54.9 Å². The molecule has 1 aliphatic rings. The number of rotatable bonds is 9. The van der Waals surface area contributed by atoms with E-state index in [0.29, 0.717) is 31.5 Å². The summed E-state index contributed by atoms with van der Waals surface area (Å²) in [4.78, 5) is 36.2. The highest BCUT2D eigenvalue weighted by Crippen LogP contribution is 2.29. The van der Waals surface area contributed by atoms with Crippen LogP contribution in [0.3, 0.4) is 0 Å². The molecule has 1 fully saturated rings. The van der Waals surface area contributed by atoms with Crippen molar-refractivity contribution in [3.05, 3.63) is 71.3 Å². The zero-order valence-corrected chi connectivity index (χ0v) is 19.8. The lowest BCUT2D eigenvalue weighted by Gasteiger charge is -2.27. The molecule has 0 aliphatic heterocycles. The van der Waals surface area contributed by atoms with Gasteiger partial charge < -0.3 is 25.3 Å². The standard InChI is InChI=1S/C25H30N2O6.ClH/c26-14-18-6-10-21(11-7-18)23(28)32-17-33-24(29)22-12-8-19(9-13-22)15-27-25(30)31-16-20-4-2-1-3-5-20;/h1-7,10-11,19,22H,8-9,12-17,26H2,(H,27,30);1H/t19-,22-;. The molecule has 0 unspecified atom stereocenters. The Balaban J connectivity index is 0.00000408. The van der Waals surface area contributed by atoms with Crippen molar-refractivity contribution in [3.8, 4) is 0 Å². The quantitative estimate of drug-likeness (QED) is 0.403. The van der Waals surface area contributed by atoms with Crippen molar-refractivity contribution >= 4 is 30.4 Å². The minimum absolute atomic E-state index is 0. The molecule has 2 aromatic rings. The number of halogens is 1. The van der Waals surface area contributed by atoms with E-state index in [2.05, 4.69) is 5.32 Å². The molecule has 184 valence electrons. The summed E-state index contributed by atoms with van der Waals surface area (Å²) < 4.78 is 15.4. The van der Waals surface area contributed by atoms with E-state index >= 15 is 0 Å². The van der Waals surface area contributed by atoms with Crippen LogP contribution in [0.15, 0.2) is 54.6 Å². The lowest BCUT2D eigenvalue weighted by molar-refractivity contribution is -0.158. The molecule has 9 heteroatoms. The summed E-state index contributed by atoms with van der Waals surface area (Å²) in [6, 6.07) is 16.2. The first kappa shape index (κ1) is 27.1. The molecule has 34 heavy (non-hydrogen) atoms. The van der Waals surface area contributed by atoms with E-state index in [-0.39, 0.29) is 36.8 Å². The third kappa shape index (κ3) is 8.68. The van der Waals surface area contributed by atoms with E-state index in [1.807, 2.05) is 30.3 Å². The summed E-state index contributed by atoms with van der Waals surface area (Å²) >= 11 is 0. The maximum atomic E-state index is 12.3. The second-order valence-corrected chi connectivity index (χ2v) is 8.07. The van der Waals surface area contributed by atoms with Gasteiger partial charge in [-0.15, -0.1) is 12.4 Å². The average molecular weight is 491 g/mol. The molecule has 1 aliphatic carbocycles. The number of benzene rings is 2. The van der Waals surface area contributed by atoms with Gasteiger partial charge in [-0.3, -0.25) is 4.79 Å². The third-order valence-corrected chi connectivity index (χ3v) is 5.74. The Hall–Kier alpha value is -3.10. The van der Waals surface area contributed by atoms with Crippen LogP contribution in [-0.4, -0.2) is 31.4 Å². The number of carbonyl (C=O) groups is 3. The SMILES string of the molecule is Cl.NCc1ccc(C(=O)OCOC(=O)[C@H]2CC[C@H](CNC(=O)OCc3ccccc3)CC2)cc1. The molecule has 3 rings (SSSR count). The summed E-state index contributed by atoms with van der Waals surface area (Å²) in [5.41, 5.74) is 7.75. The zero-order chi connectivity index (χ0) is 23.5. The molecule has 0 atom stereocenters. The van der Waals surface area contributed by atoms with Gasteiger partial charge in [0.2, 0.25) is 6.79 Å². The van der Waals surface area contributed by atoms with Gasteiger partial charge in [-0.1, -0.05) is 42.5 Å². The van der Waals surface area contributed by atoms with Crippen LogP contribution in [0.1, 0.15) is 47.2 Å². The first-order valence-electron chi connectivity index (χ1n) is 11.1. The van der Waals surface area contributed by atoms with E-state index in [1.54, 1.807) is 24.3 Å². The van der Waals surface area contributed by atoms with Gasteiger partial charge in [0.1, 0.15) is 6.61 Å². The van der Waals surface area contributed by atoms with E-state index in [4.69, 9.17) is 19.9 Å². The van der Waals surface area contributed by atoms with E-state index in [9.17, 15) is 14.4 Å². The number of ether oxygens (including phenoxy) is 3. The molecular weight excluding hydrogens is 460 g/mol. The van der Waals surface area contributed by atoms with Gasteiger partial charge in [0.05, 0.1) is 11.5 Å². The maximum Gasteiger partial charge on any atom is 0.407 e. The Kier molecular flexibility index (Phi) is 11.4. The Bertz CT molecular complexity index is 915. The molecule has 8 nitrogen and oxygen atoms in total. The summed E-state index contributed by atoms with van der Waals surface area (Å²) in [6.07, 6.45) is 2.48. The molecule has 0 aromatic heterocycles. The number of nitrogens with two attached hydrogens (primary N) is 1. The van der Waals surface area contributed by atoms with Gasteiger partial charge in [-0.25, -0.2) is 9.59 Å². The largest absolute Gasteiger partial charge is 0.445 e. The summed E-state index contributed by atoms with van der Waals surface area (Å²) in [5.74, 6) is -0.864. The molecule has 0 spiro atoms. The van der Waals surface area contributed by atoms with Crippen LogP contribution >= 0.6 is 12.4 Å². The van der Waals surface area contributed by atoms with Crippen LogP contribution in [0.25, 0.3) is 0 Å². The molecule has 0 radical (unpaired) electrons. The highest BCUT2D eigenvalue weighted by atomic mass is 35.5. The number of hydrogen-bond donors (Lipinski definition) is 2. The molecule has 1 amide bonds.